The fraction of sp³-hybridized carbons (Fsp3) is 0.476. The van der Waals surface area contributed by atoms with Gasteiger partial charge in [0.1, 0.15) is 0 Å². The molecule has 28 heavy (non-hydrogen) atoms. The smallest absolute Gasteiger partial charge is 0.414 e. The van der Waals surface area contributed by atoms with Crippen LogP contribution in [0.3, 0.4) is 0 Å². The minimum absolute atomic E-state index is 0.131. The van der Waals surface area contributed by atoms with Crippen molar-refractivity contribution in [3.05, 3.63) is 41.5 Å². The molecule has 0 bridgehead atoms. The second-order valence-electron chi connectivity index (χ2n) is 6.40. The number of carboxylic acids is 2. The fourth-order valence-electron chi connectivity index (χ4n) is 2.84. The molecular formula is C21H29NO6. The number of likely N-dealkylation sites (N-methyl/N-ethyl adjacent to an activating group) is 1. The van der Waals surface area contributed by atoms with Crippen molar-refractivity contribution in [1.82, 2.24) is 4.90 Å². The summed E-state index contributed by atoms with van der Waals surface area (Å²) in [6, 6.07) is 10.2. The van der Waals surface area contributed by atoms with Crippen LogP contribution in [0.1, 0.15) is 45.1 Å². The lowest BCUT2D eigenvalue weighted by Gasteiger charge is -2.29. The van der Waals surface area contributed by atoms with Gasteiger partial charge in [-0.25, -0.2) is 14.4 Å². The SMILES string of the molecule is CCCCCOC(=O)C1=C(c2ccccc2)CCN(CC)C1.O=C(O)C(=O)O. The molecule has 1 heterocycles. The minimum atomic E-state index is -1.82. The van der Waals surface area contributed by atoms with Crippen LogP contribution >= 0.6 is 0 Å². The molecular weight excluding hydrogens is 362 g/mol. The van der Waals surface area contributed by atoms with E-state index in [4.69, 9.17) is 24.5 Å². The number of esters is 1. The standard InChI is InChI=1S/C19H27NO2.C2H2O4/c1-3-5-9-14-22-19(21)18-15-20(4-2)13-12-17(18)16-10-7-6-8-11-16;3-1(4)2(5)6/h6-8,10-11H,3-5,9,12-15H2,1-2H3;(H,3,4)(H,5,6). The molecule has 1 aliphatic rings. The molecule has 0 unspecified atom stereocenters. The van der Waals surface area contributed by atoms with Gasteiger partial charge in [-0.3, -0.25) is 4.90 Å². The van der Waals surface area contributed by atoms with Crippen molar-refractivity contribution in [2.75, 3.05) is 26.2 Å². The number of nitrogens with zero attached hydrogens (tertiary/aromatic N) is 1. The summed E-state index contributed by atoms with van der Waals surface area (Å²) in [6.45, 7) is 7.50. The number of ether oxygens (including phenoxy) is 1. The van der Waals surface area contributed by atoms with E-state index in [1.807, 2.05) is 18.2 Å². The van der Waals surface area contributed by atoms with Crippen LogP contribution in [0.2, 0.25) is 0 Å². The number of rotatable bonds is 7. The molecule has 7 heteroatoms. The molecule has 2 rings (SSSR count). The molecule has 0 fully saturated rings. The number of unbranched alkanes of at least 4 members (excludes halogenated alkanes) is 2. The van der Waals surface area contributed by atoms with E-state index in [9.17, 15) is 4.79 Å². The third-order valence-corrected chi connectivity index (χ3v) is 4.40. The highest BCUT2D eigenvalue weighted by molar-refractivity contribution is 6.27. The number of hydrogen-bond donors (Lipinski definition) is 2. The topological polar surface area (TPSA) is 104 Å². The molecule has 0 amide bonds. The van der Waals surface area contributed by atoms with Crippen LogP contribution in [0.5, 0.6) is 0 Å². The van der Waals surface area contributed by atoms with Gasteiger partial charge in [0.05, 0.1) is 12.2 Å². The van der Waals surface area contributed by atoms with Gasteiger partial charge in [-0.05, 0) is 30.5 Å². The molecule has 1 aliphatic heterocycles. The molecule has 0 aromatic heterocycles. The maximum Gasteiger partial charge on any atom is 0.414 e. The summed E-state index contributed by atoms with van der Waals surface area (Å²) in [6.07, 6.45) is 4.11. The second kappa shape index (κ2) is 12.7. The molecule has 154 valence electrons. The molecule has 0 spiro atoms. The van der Waals surface area contributed by atoms with Crippen molar-refractivity contribution in [1.29, 1.82) is 0 Å². The Hall–Kier alpha value is -2.67. The van der Waals surface area contributed by atoms with E-state index in [0.717, 1.165) is 55.5 Å². The van der Waals surface area contributed by atoms with E-state index >= 15 is 0 Å². The van der Waals surface area contributed by atoms with Gasteiger partial charge in [-0.2, -0.15) is 0 Å². The first-order valence-electron chi connectivity index (χ1n) is 9.53. The third-order valence-electron chi connectivity index (χ3n) is 4.40. The Bertz CT molecular complexity index is 671. The Balaban J connectivity index is 0.000000568. The first kappa shape index (κ1) is 23.4. The number of aliphatic carboxylic acids is 2. The number of hydrogen-bond acceptors (Lipinski definition) is 5. The van der Waals surface area contributed by atoms with E-state index < -0.39 is 11.9 Å². The molecule has 1 aromatic rings. The Labute approximate surface area is 165 Å². The molecule has 1 aromatic carbocycles. The van der Waals surface area contributed by atoms with Gasteiger partial charge in [0.25, 0.3) is 0 Å². The predicted molar refractivity (Wildman–Crippen MR) is 106 cm³/mol. The van der Waals surface area contributed by atoms with Crippen LogP contribution in [0, 0.1) is 0 Å². The number of carbonyl (C=O) groups is 3. The van der Waals surface area contributed by atoms with Gasteiger partial charge < -0.3 is 14.9 Å². The first-order chi connectivity index (χ1) is 13.4. The van der Waals surface area contributed by atoms with Crippen molar-refractivity contribution >= 4 is 23.5 Å². The quantitative estimate of drug-likeness (QED) is 0.418. The van der Waals surface area contributed by atoms with E-state index in [-0.39, 0.29) is 5.97 Å². The fourth-order valence-corrected chi connectivity index (χ4v) is 2.84. The molecule has 0 atom stereocenters. The maximum atomic E-state index is 12.5. The van der Waals surface area contributed by atoms with Gasteiger partial charge in [0, 0.05) is 13.1 Å². The Morgan fingerprint density at radius 1 is 1.04 bits per heavy atom. The zero-order valence-electron chi connectivity index (χ0n) is 16.5. The van der Waals surface area contributed by atoms with Crippen molar-refractivity contribution in [3.8, 4) is 0 Å². The largest absolute Gasteiger partial charge is 0.473 e. The normalized spacial score (nSPS) is 14.1. The summed E-state index contributed by atoms with van der Waals surface area (Å²) in [7, 11) is 0. The summed E-state index contributed by atoms with van der Waals surface area (Å²) in [5.74, 6) is -3.78. The average Bonchev–Trinajstić information content (AvgIpc) is 2.71. The lowest BCUT2D eigenvalue weighted by atomic mass is 9.93. The predicted octanol–water partition coefficient (Wildman–Crippen LogP) is 3.05. The number of benzene rings is 1. The van der Waals surface area contributed by atoms with Gasteiger partial charge in [0.2, 0.25) is 0 Å². The van der Waals surface area contributed by atoms with Crippen LogP contribution in [0.15, 0.2) is 35.9 Å². The molecule has 2 N–H and O–H groups in total. The van der Waals surface area contributed by atoms with Gasteiger partial charge >= 0.3 is 17.9 Å². The highest BCUT2D eigenvalue weighted by Crippen LogP contribution is 2.28. The van der Waals surface area contributed by atoms with Gasteiger partial charge in [0.15, 0.2) is 0 Å². The summed E-state index contributed by atoms with van der Waals surface area (Å²) in [4.78, 5) is 33.0. The minimum Gasteiger partial charge on any atom is -0.473 e. The average molecular weight is 391 g/mol. The maximum absolute atomic E-state index is 12.5. The number of carbonyl (C=O) groups excluding carboxylic acids is 1. The third kappa shape index (κ3) is 7.92. The lowest BCUT2D eigenvalue weighted by Crippen LogP contribution is -2.34. The Morgan fingerprint density at radius 2 is 1.68 bits per heavy atom. The van der Waals surface area contributed by atoms with Crippen molar-refractivity contribution in [2.45, 2.75) is 39.5 Å². The summed E-state index contributed by atoms with van der Waals surface area (Å²) in [5.41, 5.74) is 3.15. The zero-order chi connectivity index (χ0) is 20.9. The van der Waals surface area contributed by atoms with Crippen LogP contribution in [0.4, 0.5) is 0 Å². The zero-order valence-corrected chi connectivity index (χ0v) is 16.5. The van der Waals surface area contributed by atoms with Crippen LogP contribution in [-0.2, 0) is 19.1 Å². The van der Waals surface area contributed by atoms with Crippen molar-refractivity contribution in [3.63, 3.8) is 0 Å². The number of carboxylic acid groups (broad SMARTS) is 2. The highest BCUT2D eigenvalue weighted by Gasteiger charge is 2.24. The van der Waals surface area contributed by atoms with Crippen LogP contribution < -0.4 is 0 Å². The van der Waals surface area contributed by atoms with Gasteiger partial charge in [-0.15, -0.1) is 0 Å². The molecule has 0 saturated carbocycles. The Kier molecular flexibility index (Phi) is 10.6. The summed E-state index contributed by atoms with van der Waals surface area (Å²) in [5, 5.41) is 14.8. The van der Waals surface area contributed by atoms with Crippen molar-refractivity contribution < 1.29 is 29.3 Å². The van der Waals surface area contributed by atoms with E-state index in [2.05, 4.69) is 30.9 Å². The van der Waals surface area contributed by atoms with E-state index in [1.54, 1.807) is 0 Å². The van der Waals surface area contributed by atoms with E-state index in [0.29, 0.717) is 13.2 Å². The first-order valence-corrected chi connectivity index (χ1v) is 9.53. The summed E-state index contributed by atoms with van der Waals surface area (Å²) >= 11 is 0. The van der Waals surface area contributed by atoms with Gasteiger partial charge in [-0.1, -0.05) is 57.0 Å². The van der Waals surface area contributed by atoms with Crippen LogP contribution in [-0.4, -0.2) is 59.3 Å². The highest BCUT2D eigenvalue weighted by atomic mass is 16.5. The molecule has 0 saturated heterocycles. The van der Waals surface area contributed by atoms with Crippen LogP contribution in [0.25, 0.3) is 5.57 Å². The second-order valence-corrected chi connectivity index (χ2v) is 6.40. The Morgan fingerprint density at radius 3 is 2.21 bits per heavy atom. The lowest BCUT2D eigenvalue weighted by molar-refractivity contribution is -0.159. The van der Waals surface area contributed by atoms with Crippen molar-refractivity contribution in [2.24, 2.45) is 0 Å². The summed E-state index contributed by atoms with van der Waals surface area (Å²) < 4.78 is 5.50. The van der Waals surface area contributed by atoms with E-state index in [1.165, 1.54) is 0 Å². The molecule has 0 aliphatic carbocycles. The molecule has 0 radical (unpaired) electrons. The monoisotopic (exact) mass is 391 g/mol. The molecule has 7 nitrogen and oxygen atoms in total.